The van der Waals surface area contributed by atoms with Gasteiger partial charge in [-0.3, -0.25) is 4.79 Å². The summed E-state index contributed by atoms with van der Waals surface area (Å²) in [5.74, 6) is -2.13. The number of rotatable bonds is 3. The van der Waals surface area contributed by atoms with Crippen LogP contribution in [0.15, 0.2) is 24.3 Å². The van der Waals surface area contributed by atoms with Gasteiger partial charge in [0.2, 0.25) is 5.88 Å². The van der Waals surface area contributed by atoms with Crippen LogP contribution < -0.4 is 10.5 Å². The molecule has 1 aromatic heterocycles. The zero-order valence-electron chi connectivity index (χ0n) is 12.9. The summed E-state index contributed by atoms with van der Waals surface area (Å²) < 4.78 is 33.1. The highest BCUT2D eigenvalue weighted by Crippen LogP contribution is 2.38. The maximum Gasteiger partial charge on any atom is 0.267 e. The van der Waals surface area contributed by atoms with Crippen LogP contribution in [0.25, 0.3) is 11.1 Å². The number of aliphatic hydroxyl groups is 1. The second-order valence-electron chi connectivity index (χ2n) is 5.85. The number of amides is 1. The van der Waals surface area contributed by atoms with E-state index in [2.05, 4.69) is 4.98 Å². The maximum atomic E-state index is 14.2. The second kappa shape index (κ2) is 6.16. The summed E-state index contributed by atoms with van der Waals surface area (Å²) in [6.45, 7) is 1.68. The lowest BCUT2D eigenvalue weighted by molar-refractivity contribution is 0.0561. The Morgan fingerprint density at radius 2 is 2.12 bits per heavy atom. The molecule has 3 rings (SSSR count). The number of nitrogens with zero attached hydrogens (tertiary/aromatic N) is 1. The predicted octanol–water partition coefficient (Wildman–Crippen LogP) is 2.06. The van der Waals surface area contributed by atoms with Crippen LogP contribution in [0.3, 0.4) is 0 Å². The molecule has 1 aliphatic rings. The Bertz CT molecular complexity index is 811. The summed E-state index contributed by atoms with van der Waals surface area (Å²) in [5.41, 5.74) is 6.32. The molecule has 126 valence electrons. The van der Waals surface area contributed by atoms with Gasteiger partial charge in [0.1, 0.15) is 23.4 Å². The van der Waals surface area contributed by atoms with Crippen LogP contribution in [-0.4, -0.2) is 28.7 Å². The molecule has 5 nitrogen and oxygen atoms in total. The van der Waals surface area contributed by atoms with Crippen LogP contribution in [0.1, 0.15) is 23.0 Å². The SMILES string of the molecule is C[C@@H]1Cc2c(-c3ccc(F)cc3F)cc(C(N)=O)nc2O[C@H]1CO. The average molecular weight is 334 g/mol. The molecule has 0 aliphatic carbocycles. The van der Waals surface area contributed by atoms with E-state index in [4.69, 9.17) is 10.5 Å². The zero-order chi connectivity index (χ0) is 17.4. The molecule has 1 amide bonds. The fourth-order valence-electron chi connectivity index (χ4n) is 2.85. The lowest BCUT2D eigenvalue weighted by Crippen LogP contribution is -2.35. The van der Waals surface area contributed by atoms with Gasteiger partial charge in [-0.05, 0) is 36.1 Å². The van der Waals surface area contributed by atoms with E-state index in [1.54, 1.807) is 0 Å². The van der Waals surface area contributed by atoms with Crippen molar-refractivity contribution in [2.24, 2.45) is 11.7 Å². The van der Waals surface area contributed by atoms with E-state index in [0.717, 1.165) is 12.1 Å². The first kappa shape index (κ1) is 16.3. The molecule has 24 heavy (non-hydrogen) atoms. The van der Waals surface area contributed by atoms with Crippen LogP contribution in [0.4, 0.5) is 8.78 Å². The van der Waals surface area contributed by atoms with Crippen molar-refractivity contribution >= 4 is 5.91 Å². The summed E-state index contributed by atoms with van der Waals surface area (Å²) in [5, 5.41) is 9.38. The lowest BCUT2D eigenvalue weighted by atomic mass is 9.88. The molecule has 1 aromatic carbocycles. The fourth-order valence-corrected chi connectivity index (χ4v) is 2.85. The van der Waals surface area contributed by atoms with E-state index in [9.17, 15) is 18.7 Å². The van der Waals surface area contributed by atoms with Gasteiger partial charge < -0.3 is 15.6 Å². The van der Waals surface area contributed by atoms with Crippen molar-refractivity contribution in [1.29, 1.82) is 0 Å². The molecule has 2 aromatic rings. The number of nitrogens with two attached hydrogens (primary N) is 1. The average Bonchev–Trinajstić information content (AvgIpc) is 2.53. The molecule has 0 saturated heterocycles. The number of halogens is 2. The molecule has 0 fully saturated rings. The molecule has 0 radical (unpaired) electrons. The van der Waals surface area contributed by atoms with Crippen molar-refractivity contribution in [1.82, 2.24) is 4.98 Å². The number of hydrogen-bond donors (Lipinski definition) is 2. The first-order valence-corrected chi connectivity index (χ1v) is 7.47. The third kappa shape index (κ3) is 2.82. The number of carbonyl (C=O) groups is 1. The number of pyridine rings is 1. The number of aromatic nitrogens is 1. The molecule has 0 spiro atoms. The van der Waals surface area contributed by atoms with Gasteiger partial charge in [-0.1, -0.05) is 6.92 Å². The van der Waals surface area contributed by atoms with Gasteiger partial charge in [-0.25, -0.2) is 13.8 Å². The molecule has 0 unspecified atom stereocenters. The van der Waals surface area contributed by atoms with Crippen molar-refractivity contribution in [3.05, 3.63) is 47.2 Å². The van der Waals surface area contributed by atoms with Gasteiger partial charge in [0.15, 0.2) is 0 Å². The Hall–Kier alpha value is -2.54. The summed E-state index contributed by atoms with van der Waals surface area (Å²) in [6, 6.07) is 4.59. The van der Waals surface area contributed by atoms with E-state index in [1.165, 1.54) is 12.1 Å². The Kier molecular flexibility index (Phi) is 4.19. The van der Waals surface area contributed by atoms with Crippen molar-refractivity contribution in [2.75, 3.05) is 6.61 Å². The molecular formula is C17H16F2N2O3. The van der Waals surface area contributed by atoms with Crippen molar-refractivity contribution < 1.29 is 23.4 Å². The van der Waals surface area contributed by atoms with E-state index in [1.807, 2.05) is 6.92 Å². The Morgan fingerprint density at radius 3 is 2.75 bits per heavy atom. The minimum atomic E-state index is -0.788. The molecule has 2 atom stereocenters. The third-order valence-electron chi connectivity index (χ3n) is 4.16. The standard InChI is InChI=1S/C17H16F2N2O3/c1-8-4-12-11(10-3-2-9(18)5-13(10)19)6-14(16(20)23)21-17(12)24-15(8)7-22/h2-3,5-6,8,15,22H,4,7H2,1H3,(H2,20,23)/t8-,15+/m1/s1. The lowest BCUT2D eigenvalue weighted by Gasteiger charge is -2.31. The zero-order valence-corrected chi connectivity index (χ0v) is 12.9. The van der Waals surface area contributed by atoms with Gasteiger partial charge in [0, 0.05) is 17.2 Å². The van der Waals surface area contributed by atoms with Crippen molar-refractivity contribution in [2.45, 2.75) is 19.4 Å². The third-order valence-corrected chi connectivity index (χ3v) is 4.16. The smallest absolute Gasteiger partial charge is 0.267 e. The molecule has 7 heteroatoms. The van der Waals surface area contributed by atoms with Gasteiger partial charge in [-0.2, -0.15) is 0 Å². The molecule has 3 N–H and O–H groups in total. The molecular weight excluding hydrogens is 318 g/mol. The topological polar surface area (TPSA) is 85.4 Å². The summed E-state index contributed by atoms with van der Waals surface area (Å²) in [4.78, 5) is 15.6. The maximum absolute atomic E-state index is 14.2. The number of benzene rings is 1. The quantitative estimate of drug-likeness (QED) is 0.900. The van der Waals surface area contributed by atoms with Crippen LogP contribution in [0.2, 0.25) is 0 Å². The highest BCUT2D eigenvalue weighted by molar-refractivity contribution is 5.93. The van der Waals surface area contributed by atoms with E-state index >= 15 is 0 Å². The first-order chi connectivity index (χ1) is 11.4. The van der Waals surface area contributed by atoms with Crippen LogP contribution in [0.5, 0.6) is 5.88 Å². The monoisotopic (exact) mass is 334 g/mol. The minimum absolute atomic E-state index is 0.0361. The van der Waals surface area contributed by atoms with Gasteiger partial charge in [-0.15, -0.1) is 0 Å². The first-order valence-electron chi connectivity index (χ1n) is 7.47. The second-order valence-corrected chi connectivity index (χ2v) is 5.85. The highest BCUT2D eigenvalue weighted by Gasteiger charge is 2.31. The fraction of sp³-hybridized carbons (Fsp3) is 0.294. The predicted molar refractivity (Wildman–Crippen MR) is 82.5 cm³/mol. The summed E-state index contributed by atoms with van der Waals surface area (Å²) >= 11 is 0. The summed E-state index contributed by atoms with van der Waals surface area (Å²) in [6.07, 6.45) is -0.00213. The van der Waals surface area contributed by atoms with Gasteiger partial charge >= 0.3 is 0 Å². The van der Waals surface area contributed by atoms with Crippen LogP contribution >= 0.6 is 0 Å². The number of ether oxygens (including phenoxy) is 1. The number of aliphatic hydroxyl groups excluding tert-OH is 1. The highest BCUT2D eigenvalue weighted by atomic mass is 19.1. The van der Waals surface area contributed by atoms with Crippen molar-refractivity contribution in [3.8, 4) is 17.0 Å². The number of primary amides is 1. The normalized spacial score (nSPS) is 19.5. The molecule has 1 aliphatic heterocycles. The van der Waals surface area contributed by atoms with E-state index in [0.29, 0.717) is 17.5 Å². The minimum Gasteiger partial charge on any atom is -0.471 e. The van der Waals surface area contributed by atoms with Crippen LogP contribution in [-0.2, 0) is 6.42 Å². The van der Waals surface area contributed by atoms with Gasteiger partial charge in [0.05, 0.1) is 6.61 Å². The summed E-state index contributed by atoms with van der Waals surface area (Å²) in [7, 11) is 0. The number of carbonyl (C=O) groups excluding carboxylic acids is 1. The largest absolute Gasteiger partial charge is 0.471 e. The number of hydrogen-bond acceptors (Lipinski definition) is 4. The Labute approximate surface area is 137 Å². The van der Waals surface area contributed by atoms with Crippen molar-refractivity contribution in [3.63, 3.8) is 0 Å². The van der Waals surface area contributed by atoms with E-state index in [-0.39, 0.29) is 29.7 Å². The van der Waals surface area contributed by atoms with Crippen LogP contribution in [0, 0.1) is 17.6 Å². The molecule has 0 saturated carbocycles. The van der Waals surface area contributed by atoms with Gasteiger partial charge in [0.25, 0.3) is 5.91 Å². The molecule has 0 bridgehead atoms. The number of fused-ring (bicyclic) bond motifs is 1. The Balaban J connectivity index is 2.21. The Morgan fingerprint density at radius 1 is 1.38 bits per heavy atom. The molecule has 2 heterocycles. The van der Waals surface area contributed by atoms with E-state index < -0.39 is 23.6 Å².